The van der Waals surface area contributed by atoms with Crippen molar-refractivity contribution in [2.45, 2.75) is 40.2 Å². The predicted octanol–water partition coefficient (Wildman–Crippen LogP) is 1.54. The molecule has 0 amide bonds. The van der Waals surface area contributed by atoms with E-state index in [0.717, 1.165) is 48.8 Å². The van der Waals surface area contributed by atoms with Crippen LogP contribution in [0.2, 0.25) is 0 Å². The number of fused-ring (bicyclic) bond motifs is 1. The van der Waals surface area contributed by atoms with E-state index in [9.17, 15) is 5.26 Å². The standard InChI is InChI=1S/C15H19N7/c1-9-10(2)18-21-15(13(9)6-16)17-7-12-4-5-14-20-19-11(3)22(14)8-12/h12H,4-5,7-8H2,1-3H3,(H,17,21)/t12-/m1/s1. The highest BCUT2D eigenvalue weighted by molar-refractivity contribution is 5.55. The number of nitriles is 1. The summed E-state index contributed by atoms with van der Waals surface area (Å²) >= 11 is 0. The van der Waals surface area contributed by atoms with Gasteiger partial charge in [-0.05, 0) is 38.7 Å². The van der Waals surface area contributed by atoms with Crippen molar-refractivity contribution in [1.82, 2.24) is 25.0 Å². The molecule has 0 bridgehead atoms. The van der Waals surface area contributed by atoms with Gasteiger partial charge < -0.3 is 9.88 Å². The Morgan fingerprint density at radius 2 is 2.05 bits per heavy atom. The lowest BCUT2D eigenvalue weighted by molar-refractivity contribution is 0.376. The SMILES string of the molecule is Cc1nnc(NC[C@H]2CCc3nnc(C)n3C2)c(C#N)c1C. The first-order valence-electron chi connectivity index (χ1n) is 7.46. The van der Waals surface area contributed by atoms with Gasteiger partial charge in [-0.1, -0.05) is 0 Å². The zero-order valence-corrected chi connectivity index (χ0v) is 13.1. The second kappa shape index (κ2) is 5.72. The number of aryl methyl sites for hydroxylation is 3. The molecule has 0 unspecified atom stereocenters. The molecule has 0 aromatic carbocycles. The Labute approximate surface area is 129 Å². The molecular formula is C15H19N7. The lowest BCUT2D eigenvalue weighted by atomic mass is 9.99. The zero-order chi connectivity index (χ0) is 15.7. The second-order valence-corrected chi connectivity index (χ2v) is 5.81. The number of aromatic nitrogens is 5. The molecule has 0 saturated heterocycles. The fraction of sp³-hybridized carbons (Fsp3) is 0.533. The summed E-state index contributed by atoms with van der Waals surface area (Å²) in [4.78, 5) is 0. The maximum absolute atomic E-state index is 9.32. The number of hydrogen-bond donors (Lipinski definition) is 1. The van der Waals surface area contributed by atoms with E-state index < -0.39 is 0 Å². The van der Waals surface area contributed by atoms with Crippen LogP contribution in [0.1, 0.15) is 34.9 Å². The third kappa shape index (κ3) is 2.52. The van der Waals surface area contributed by atoms with Gasteiger partial charge >= 0.3 is 0 Å². The average molecular weight is 297 g/mol. The molecule has 7 heteroatoms. The van der Waals surface area contributed by atoms with Gasteiger partial charge in [-0.2, -0.15) is 10.4 Å². The van der Waals surface area contributed by atoms with Crippen molar-refractivity contribution in [2.75, 3.05) is 11.9 Å². The predicted molar refractivity (Wildman–Crippen MR) is 81.3 cm³/mol. The lowest BCUT2D eigenvalue weighted by Gasteiger charge is -2.24. The van der Waals surface area contributed by atoms with Gasteiger partial charge in [-0.25, -0.2) is 0 Å². The minimum Gasteiger partial charge on any atom is -0.367 e. The normalized spacial score (nSPS) is 16.9. The summed E-state index contributed by atoms with van der Waals surface area (Å²) in [5.74, 6) is 3.08. The van der Waals surface area contributed by atoms with Gasteiger partial charge in [-0.15, -0.1) is 15.3 Å². The first-order chi connectivity index (χ1) is 10.6. The second-order valence-electron chi connectivity index (χ2n) is 5.81. The van der Waals surface area contributed by atoms with Crippen LogP contribution in [0, 0.1) is 38.0 Å². The van der Waals surface area contributed by atoms with Crippen molar-refractivity contribution >= 4 is 5.82 Å². The molecule has 1 aliphatic heterocycles. The summed E-state index contributed by atoms with van der Waals surface area (Å²) in [6, 6.07) is 2.22. The van der Waals surface area contributed by atoms with Gasteiger partial charge in [0.2, 0.25) is 0 Å². The van der Waals surface area contributed by atoms with Gasteiger partial charge in [-0.3, -0.25) is 0 Å². The van der Waals surface area contributed by atoms with Gasteiger partial charge in [0, 0.05) is 19.5 Å². The van der Waals surface area contributed by atoms with Crippen LogP contribution < -0.4 is 5.32 Å². The molecule has 2 aromatic rings. The molecule has 2 aromatic heterocycles. The summed E-state index contributed by atoms with van der Waals surface area (Å²) in [6.45, 7) is 7.42. The Bertz CT molecular complexity index is 741. The van der Waals surface area contributed by atoms with Crippen LogP contribution in [-0.2, 0) is 13.0 Å². The van der Waals surface area contributed by atoms with E-state index in [2.05, 4.69) is 36.3 Å². The molecule has 0 radical (unpaired) electrons. The van der Waals surface area contributed by atoms with E-state index in [4.69, 9.17) is 0 Å². The Morgan fingerprint density at radius 1 is 1.23 bits per heavy atom. The Balaban J connectivity index is 1.71. The fourth-order valence-corrected chi connectivity index (χ4v) is 2.81. The molecule has 0 saturated carbocycles. The number of nitrogens with zero attached hydrogens (tertiary/aromatic N) is 6. The molecule has 0 aliphatic carbocycles. The summed E-state index contributed by atoms with van der Waals surface area (Å²) in [5.41, 5.74) is 2.27. The van der Waals surface area contributed by atoms with Crippen molar-refractivity contribution in [1.29, 1.82) is 5.26 Å². The van der Waals surface area contributed by atoms with E-state index >= 15 is 0 Å². The van der Waals surface area contributed by atoms with E-state index in [-0.39, 0.29) is 0 Å². The Morgan fingerprint density at radius 3 is 2.82 bits per heavy atom. The smallest absolute Gasteiger partial charge is 0.166 e. The summed E-state index contributed by atoms with van der Waals surface area (Å²) in [6.07, 6.45) is 2.00. The van der Waals surface area contributed by atoms with Crippen LogP contribution in [-0.4, -0.2) is 31.5 Å². The van der Waals surface area contributed by atoms with E-state index in [0.29, 0.717) is 17.3 Å². The Hall–Kier alpha value is -2.49. The first kappa shape index (κ1) is 14.4. The molecule has 7 nitrogen and oxygen atoms in total. The largest absolute Gasteiger partial charge is 0.367 e. The summed E-state index contributed by atoms with van der Waals surface area (Å²) < 4.78 is 2.17. The molecule has 0 fully saturated rings. The number of nitrogens with one attached hydrogen (secondary N) is 1. The van der Waals surface area contributed by atoms with Crippen LogP contribution in [0.15, 0.2) is 0 Å². The maximum Gasteiger partial charge on any atom is 0.166 e. The lowest BCUT2D eigenvalue weighted by Crippen LogP contribution is -2.27. The third-order valence-corrected chi connectivity index (χ3v) is 4.35. The van der Waals surface area contributed by atoms with Gasteiger partial charge in [0.05, 0.1) is 5.69 Å². The molecule has 114 valence electrons. The van der Waals surface area contributed by atoms with E-state index in [1.807, 2.05) is 20.8 Å². The van der Waals surface area contributed by atoms with E-state index in [1.165, 1.54) is 0 Å². The minimum atomic E-state index is 0.470. The third-order valence-electron chi connectivity index (χ3n) is 4.35. The highest BCUT2D eigenvalue weighted by atomic mass is 15.3. The van der Waals surface area contributed by atoms with Gasteiger partial charge in [0.1, 0.15) is 23.3 Å². The molecule has 0 spiro atoms. The van der Waals surface area contributed by atoms with Crippen LogP contribution in [0.25, 0.3) is 0 Å². The fourth-order valence-electron chi connectivity index (χ4n) is 2.81. The van der Waals surface area contributed by atoms with Crippen molar-refractivity contribution in [3.8, 4) is 6.07 Å². The van der Waals surface area contributed by atoms with E-state index in [1.54, 1.807) is 0 Å². The molecule has 1 N–H and O–H groups in total. The van der Waals surface area contributed by atoms with Crippen LogP contribution >= 0.6 is 0 Å². The number of rotatable bonds is 3. The quantitative estimate of drug-likeness (QED) is 0.923. The molecule has 22 heavy (non-hydrogen) atoms. The highest BCUT2D eigenvalue weighted by Gasteiger charge is 2.22. The summed E-state index contributed by atoms with van der Waals surface area (Å²) in [5, 5.41) is 29.2. The minimum absolute atomic E-state index is 0.470. The van der Waals surface area contributed by atoms with Crippen LogP contribution in [0.4, 0.5) is 5.82 Å². The molecular weight excluding hydrogens is 278 g/mol. The summed E-state index contributed by atoms with van der Waals surface area (Å²) in [7, 11) is 0. The van der Waals surface area contributed by atoms with Gasteiger partial charge in [0.15, 0.2) is 5.82 Å². The highest BCUT2D eigenvalue weighted by Crippen LogP contribution is 2.22. The maximum atomic E-state index is 9.32. The topological polar surface area (TPSA) is 92.3 Å². The van der Waals surface area contributed by atoms with Crippen LogP contribution in [0.3, 0.4) is 0 Å². The van der Waals surface area contributed by atoms with Crippen molar-refractivity contribution < 1.29 is 0 Å². The van der Waals surface area contributed by atoms with Crippen molar-refractivity contribution in [3.05, 3.63) is 28.5 Å². The van der Waals surface area contributed by atoms with Crippen molar-refractivity contribution in [2.24, 2.45) is 5.92 Å². The van der Waals surface area contributed by atoms with Crippen LogP contribution in [0.5, 0.6) is 0 Å². The average Bonchev–Trinajstić information content (AvgIpc) is 2.89. The molecule has 1 atom stereocenters. The van der Waals surface area contributed by atoms with Gasteiger partial charge in [0.25, 0.3) is 0 Å². The molecule has 3 heterocycles. The Kier molecular flexibility index (Phi) is 3.75. The number of hydrogen-bond acceptors (Lipinski definition) is 6. The molecule has 3 rings (SSSR count). The monoisotopic (exact) mass is 297 g/mol. The molecule has 1 aliphatic rings. The zero-order valence-electron chi connectivity index (χ0n) is 13.1. The number of anilines is 1. The first-order valence-corrected chi connectivity index (χ1v) is 7.46. The van der Waals surface area contributed by atoms with Crippen molar-refractivity contribution in [3.63, 3.8) is 0 Å².